The van der Waals surface area contributed by atoms with Crippen LogP contribution in [0, 0.1) is 0 Å². The number of halogens is 1. The van der Waals surface area contributed by atoms with Gasteiger partial charge in [0.05, 0.1) is 7.11 Å². The van der Waals surface area contributed by atoms with Crippen molar-refractivity contribution >= 4 is 35.1 Å². The number of carbonyl (C=O) groups excluding carboxylic acids is 3. The molecular weight excluding hydrogens is 370 g/mol. The van der Waals surface area contributed by atoms with E-state index in [1.54, 1.807) is 62.6 Å². The molecule has 2 aromatic rings. The summed E-state index contributed by atoms with van der Waals surface area (Å²) in [6.07, 6.45) is 0. The maximum atomic E-state index is 12.8. The predicted molar refractivity (Wildman–Crippen MR) is 101 cm³/mol. The molecule has 2 N–H and O–H groups in total. The largest absolute Gasteiger partial charge is 0.497 e. The Labute approximate surface area is 161 Å². The van der Waals surface area contributed by atoms with Crippen molar-refractivity contribution in [2.45, 2.75) is 12.5 Å². The van der Waals surface area contributed by atoms with Crippen molar-refractivity contribution in [3.05, 3.63) is 59.1 Å². The van der Waals surface area contributed by atoms with Gasteiger partial charge >= 0.3 is 6.03 Å². The number of methoxy groups -OCH3 is 1. The number of anilines is 1. The fraction of sp³-hybridized carbons (Fsp3) is 0.211. The van der Waals surface area contributed by atoms with Crippen molar-refractivity contribution in [1.29, 1.82) is 0 Å². The molecule has 0 bridgehead atoms. The van der Waals surface area contributed by atoms with Crippen LogP contribution in [0.3, 0.4) is 0 Å². The number of carbonyl (C=O) groups is 3. The van der Waals surface area contributed by atoms with Crippen LogP contribution in [-0.4, -0.2) is 36.4 Å². The minimum absolute atomic E-state index is 0.390. The standard InChI is InChI=1S/C19H18ClN3O4/c1-19(12-3-9-15(27-2)10-4-12)17(25)23(18(26)22-19)11-16(24)21-14-7-5-13(20)6-8-14/h3-10H,11H2,1-2H3,(H,21,24)(H,22,26). The van der Waals surface area contributed by atoms with E-state index in [9.17, 15) is 14.4 Å². The Morgan fingerprint density at radius 1 is 1.15 bits per heavy atom. The van der Waals surface area contributed by atoms with E-state index in [0.717, 1.165) is 4.90 Å². The fourth-order valence-corrected chi connectivity index (χ4v) is 2.96. The zero-order chi connectivity index (χ0) is 19.6. The van der Waals surface area contributed by atoms with Gasteiger partial charge in [0.25, 0.3) is 5.91 Å². The topological polar surface area (TPSA) is 87.7 Å². The van der Waals surface area contributed by atoms with Crippen molar-refractivity contribution in [1.82, 2.24) is 10.2 Å². The number of nitrogens with one attached hydrogen (secondary N) is 2. The smallest absolute Gasteiger partial charge is 0.325 e. The molecule has 3 rings (SSSR count). The van der Waals surface area contributed by atoms with Gasteiger partial charge in [-0.3, -0.25) is 14.5 Å². The first-order valence-corrected chi connectivity index (χ1v) is 8.55. The maximum absolute atomic E-state index is 12.8. The van der Waals surface area contributed by atoms with E-state index < -0.39 is 23.4 Å². The van der Waals surface area contributed by atoms with Crippen LogP contribution >= 0.6 is 11.6 Å². The summed E-state index contributed by atoms with van der Waals surface area (Å²) < 4.78 is 5.11. The second-order valence-electron chi connectivity index (χ2n) is 6.23. The van der Waals surface area contributed by atoms with Crippen LogP contribution in [0.2, 0.25) is 5.02 Å². The third-order valence-corrected chi connectivity index (χ3v) is 4.62. The summed E-state index contributed by atoms with van der Waals surface area (Å²) in [5.74, 6) is -0.345. The first-order valence-electron chi connectivity index (χ1n) is 8.17. The molecule has 0 radical (unpaired) electrons. The molecule has 1 saturated heterocycles. The predicted octanol–water partition coefficient (Wildman–Crippen LogP) is 2.75. The Kier molecular flexibility index (Phi) is 5.05. The highest BCUT2D eigenvalue weighted by Gasteiger charge is 2.49. The van der Waals surface area contributed by atoms with Crippen molar-refractivity contribution in [2.75, 3.05) is 19.0 Å². The summed E-state index contributed by atoms with van der Waals surface area (Å²) in [7, 11) is 1.54. The number of amides is 4. The van der Waals surface area contributed by atoms with Gasteiger partial charge in [-0.1, -0.05) is 23.7 Å². The van der Waals surface area contributed by atoms with Crippen molar-refractivity contribution in [3.63, 3.8) is 0 Å². The van der Waals surface area contributed by atoms with Crippen LogP contribution in [0.15, 0.2) is 48.5 Å². The average molecular weight is 388 g/mol. The van der Waals surface area contributed by atoms with Gasteiger partial charge in [-0.2, -0.15) is 0 Å². The summed E-state index contributed by atoms with van der Waals surface area (Å²) in [6, 6.07) is 12.7. The molecule has 1 aliphatic heterocycles. The molecule has 140 valence electrons. The summed E-state index contributed by atoms with van der Waals surface area (Å²) in [4.78, 5) is 38.3. The molecule has 1 atom stereocenters. The van der Waals surface area contributed by atoms with Gasteiger partial charge in [-0.05, 0) is 48.9 Å². The molecule has 4 amide bonds. The fourth-order valence-electron chi connectivity index (χ4n) is 2.84. The Hall–Kier alpha value is -3.06. The van der Waals surface area contributed by atoms with E-state index in [2.05, 4.69) is 10.6 Å². The van der Waals surface area contributed by atoms with E-state index in [0.29, 0.717) is 22.0 Å². The molecule has 27 heavy (non-hydrogen) atoms. The number of hydrogen-bond acceptors (Lipinski definition) is 4. The van der Waals surface area contributed by atoms with Gasteiger partial charge in [0.15, 0.2) is 0 Å². The molecule has 2 aromatic carbocycles. The first kappa shape index (κ1) is 18.7. The van der Waals surface area contributed by atoms with Crippen molar-refractivity contribution in [2.24, 2.45) is 0 Å². The third kappa shape index (κ3) is 3.73. The number of benzene rings is 2. The van der Waals surface area contributed by atoms with Gasteiger partial charge in [0.1, 0.15) is 17.8 Å². The van der Waals surface area contributed by atoms with E-state index >= 15 is 0 Å². The minimum Gasteiger partial charge on any atom is -0.497 e. The Bertz CT molecular complexity index is 883. The van der Waals surface area contributed by atoms with Crippen LogP contribution in [0.5, 0.6) is 5.75 Å². The highest BCUT2D eigenvalue weighted by Crippen LogP contribution is 2.30. The highest BCUT2D eigenvalue weighted by atomic mass is 35.5. The van der Waals surface area contributed by atoms with Gasteiger partial charge in [0, 0.05) is 10.7 Å². The van der Waals surface area contributed by atoms with Crippen LogP contribution in [0.4, 0.5) is 10.5 Å². The lowest BCUT2D eigenvalue weighted by atomic mass is 9.92. The molecular formula is C19H18ClN3O4. The summed E-state index contributed by atoms with van der Waals surface area (Å²) in [6.45, 7) is 1.21. The van der Waals surface area contributed by atoms with E-state index in [4.69, 9.17) is 16.3 Å². The van der Waals surface area contributed by atoms with Crippen molar-refractivity contribution < 1.29 is 19.1 Å². The van der Waals surface area contributed by atoms with Gasteiger partial charge in [-0.15, -0.1) is 0 Å². The average Bonchev–Trinajstić information content (AvgIpc) is 2.88. The lowest BCUT2D eigenvalue weighted by molar-refractivity contribution is -0.133. The van der Waals surface area contributed by atoms with E-state index in [1.165, 1.54) is 0 Å². The molecule has 0 aromatic heterocycles. The van der Waals surface area contributed by atoms with Crippen molar-refractivity contribution in [3.8, 4) is 5.75 Å². The lowest BCUT2D eigenvalue weighted by Crippen LogP contribution is -2.42. The summed E-state index contributed by atoms with van der Waals surface area (Å²) in [5.41, 5.74) is -0.124. The molecule has 1 fully saturated rings. The van der Waals surface area contributed by atoms with Gasteiger partial charge < -0.3 is 15.4 Å². The number of imide groups is 1. The molecule has 1 heterocycles. The molecule has 0 saturated carbocycles. The number of rotatable bonds is 5. The highest BCUT2D eigenvalue weighted by molar-refractivity contribution is 6.30. The summed E-state index contributed by atoms with van der Waals surface area (Å²) >= 11 is 5.81. The summed E-state index contributed by atoms with van der Waals surface area (Å²) in [5, 5.41) is 5.83. The number of ether oxygens (including phenoxy) is 1. The monoisotopic (exact) mass is 387 g/mol. The minimum atomic E-state index is -1.25. The zero-order valence-corrected chi connectivity index (χ0v) is 15.5. The van der Waals surface area contributed by atoms with E-state index in [-0.39, 0.29) is 6.54 Å². The second kappa shape index (κ2) is 7.28. The maximum Gasteiger partial charge on any atom is 0.325 e. The molecule has 1 unspecified atom stereocenters. The van der Waals surface area contributed by atoms with Crippen LogP contribution in [0.25, 0.3) is 0 Å². The number of hydrogen-bond donors (Lipinski definition) is 2. The molecule has 7 nitrogen and oxygen atoms in total. The van der Waals surface area contributed by atoms with Gasteiger partial charge in [0.2, 0.25) is 5.91 Å². The third-order valence-electron chi connectivity index (χ3n) is 4.37. The number of nitrogens with zero attached hydrogens (tertiary/aromatic N) is 1. The van der Waals surface area contributed by atoms with Crippen LogP contribution in [-0.2, 0) is 15.1 Å². The Balaban J connectivity index is 1.73. The molecule has 8 heteroatoms. The van der Waals surface area contributed by atoms with Gasteiger partial charge in [-0.25, -0.2) is 4.79 Å². The first-order chi connectivity index (χ1) is 12.8. The van der Waals surface area contributed by atoms with E-state index in [1.807, 2.05) is 0 Å². The molecule has 0 aliphatic carbocycles. The van der Waals surface area contributed by atoms with Crippen LogP contribution < -0.4 is 15.4 Å². The normalized spacial score (nSPS) is 19.0. The zero-order valence-electron chi connectivity index (χ0n) is 14.8. The Morgan fingerprint density at radius 3 is 2.37 bits per heavy atom. The number of urea groups is 1. The van der Waals surface area contributed by atoms with Crippen LogP contribution in [0.1, 0.15) is 12.5 Å². The lowest BCUT2D eigenvalue weighted by Gasteiger charge is -2.22. The quantitative estimate of drug-likeness (QED) is 0.772. The Morgan fingerprint density at radius 2 is 1.78 bits per heavy atom. The second-order valence-corrected chi connectivity index (χ2v) is 6.67. The SMILES string of the molecule is COc1ccc(C2(C)NC(=O)N(CC(=O)Nc3ccc(Cl)cc3)C2=O)cc1. The molecule has 1 aliphatic rings. The molecule has 0 spiro atoms.